The van der Waals surface area contributed by atoms with Crippen LogP contribution >= 0.6 is 0 Å². The second-order valence-corrected chi connectivity index (χ2v) is 14.3. The standard InChI is InChI=1S/C50H31N5O/c1-3-14-32(15-4-1)49-50(55(52-51-49)34-16-5-2-6-17-34)33-26-27-39-37-20-7-10-23-43(37)53(45(39)28-33)35-18-13-19-36(29-35)54-44-24-11-8-21-38(44)41-30-42-40-22-9-12-25-47(40)56-48(42)31-46(41)54/h1-31H. The molecule has 6 heteroatoms. The molecule has 0 aliphatic carbocycles. The molecule has 0 fully saturated rings. The van der Waals surface area contributed by atoms with Gasteiger partial charge in [-0.1, -0.05) is 127 Å². The van der Waals surface area contributed by atoms with Gasteiger partial charge in [0.1, 0.15) is 22.6 Å². The van der Waals surface area contributed by atoms with Gasteiger partial charge in [-0.25, -0.2) is 4.68 Å². The molecule has 262 valence electrons. The highest BCUT2D eigenvalue weighted by molar-refractivity contribution is 6.17. The lowest BCUT2D eigenvalue weighted by atomic mass is 10.0. The maximum absolute atomic E-state index is 6.41. The minimum absolute atomic E-state index is 0.836. The Morgan fingerprint density at radius 2 is 0.946 bits per heavy atom. The van der Waals surface area contributed by atoms with Crippen molar-refractivity contribution in [3.63, 3.8) is 0 Å². The first-order valence-electron chi connectivity index (χ1n) is 18.8. The Hall–Kier alpha value is -7.70. The monoisotopic (exact) mass is 717 g/mol. The maximum Gasteiger partial charge on any atom is 0.137 e. The zero-order valence-corrected chi connectivity index (χ0v) is 30.0. The molecule has 0 atom stereocenters. The zero-order chi connectivity index (χ0) is 36.7. The van der Waals surface area contributed by atoms with Crippen LogP contribution in [0.15, 0.2) is 192 Å². The predicted octanol–water partition coefficient (Wildman–Crippen LogP) is 12.7. The van der Waals surface area contributed by atoms with Gasteiger partial charge >= 0.3 is 0 Å². The van der Waals surface area contributed by atoms with Crippen molar-refractivity contribution in [2.45, 2.75) is 0 Å². The second-order valence-electron chi connectivity index (χ2n) is 14.3. The highest BCUT2D eigenvalue weighted by atomic mass is 16.3. The Bertz CT molecular complexity index is 3420. The van der Waals surface area contributed by atoms with Crippen LogP contribution in [0.3, 0.4) is 0 Å². The fourth-order valence-corrected chi connectivity index (χ4v) is 8.71. The lowest BCUT2D eigenvalue weighted by Gasteiger charge is -2.14. The lowest BCUT2D eigenvalue weighted by Crippen LogP contribution is -2.00. The quantitative estimate of drug-likeness (QED) is 0.178. The van der Waals surface area contributed by atoms with Crippen LogP contribution in [-0.2, 0) is 0 Å². The molecule has 0 unspecified atom stereocenters. The summed E-state index contributed by atoms with van der Waals surface area (Å²) in [6, 6.07) is 66.3. The summed E-state index contributed by atoms with van der Waals surface area (Å²) >= 11 is 0. The van der Waals surface area contributed by atoms with Gasteiger partial charge < -0.3 is 13.6 Å². The maximum atomic E-state index is 6.41. The Labute approximate surface area is 320 Å². The summed E-state index contributed by atoms with van der Waals surface area (Å²) in [6.07, 6.45) is 0. The summed E-state index contributed by atoms with van der Waals surface area (Å²) in [7, 11) is 0. The van der Waals surface area contributed by atoms with Crippen molar-refractivity contribution in [3.05, 3.63) is 188 Å². The normalized spacial score (nSPS) is 11.9. The van der Waals surface area contributed by atoms with Crippen LogP contribution in [0, 0.1) is 0 Å². The third-order valence-electron chi connectivity index (χ3n) is 11.2. The number of fused-ring (bicyclic) bond motifs is 9. The molecule has 0 saturated carbocycles. The van der Waals surface area contributed by atoms with E-state index in [1.807, 2.05) is 53.2 Å². The van der Waals surface area contributed by atoms with E-state index >= 15 is 0 Å². The van der Waals surface area contributed by atoms with Gasteiger partial charge in [-0.2, -0.15) is 0 Å². The molecule has 4 heterocycles. The zero-order valence-electron chi connectivity index (χ0n) is 30.0. The molecule has 0 aliphatic rings. The van der Waals surface area contributed by atoms with E-state index in [0.29, 0.717) is 0 Å². The molecule has 4 aromatic heterocycles. The summed E-state index contributed by atoms with van der Waals surface area (Å²) in [5.41, 5.74) is 13.2. The Balaban J connectivity index is 1.10. The van der Waals surface area contributed by atoms with Gasteiger partial charge in [0.2, 0.25) is 0 Å². The fraction of sp³-hybridized carbons (Fsp3) is 0. The Morgan fingerprint density at radius 1 is 0.357 bits per heavy atom. The number of para-hydroxylation sites is 4. The van der Waals surface area contributed by atoms with Gasteiger partial charge in [0.05, 0.1) is 27.8 Å². The molecule has 6 nitrogen and oxygen atoms in total. The topological polar surface area (TPSA) is 53.7 Å². The second kappa shape index (κ2) is 11.9. The van der Waals surface area contributed by atoms with Crippen LogP contribution in [-0.4, -0.2) is 24.1 Å². The number of nitrogens with zero attached hydrogens (tertiary/aromatic N) is 5. The van der Waals surface area contributed by atoms with E-state index in [4.69, 9.17) is 14.7 Å². The van der Waals surface area contributed by atoms with E-state index in [0.717, 1.165) is 83.6 Å². The number of furan rings is 1. The first kappa shape index (κ1) is 30.7. The molecule has 8 aromatic carbocycles. The van der Waals surface area contributed by atoms with Crippen molar-refractivity contribution >= 4 is 65.6 Å². The average molecular weight is 718 g/mol. The molecule has 0 N–H and O–H groups in total. The van der Waals surface area contributed by atoms with Crippen molar-refractivity contribution in [2.75, 3.05) is 0 Å². The molecule has 0 spiro atoms. The molecule has 0 saturated heterocycles. The van der Waals surface area contributed by atoms with Gasteiger partial charge in [0, 0.05) is 60.9 Å². The van der Waals surface area contributed by atoms with E-state index in [1.54, 1.807) is 0 Å². The van der Waals surface area contributed by atoms with Crippen LogP contribution in [0.5, 0.6) is 0 Å². The van der Waals surface area contributed by atoms with E-state index in [1.165, 1.54) is 21.5 Å². The smallest absolute Gasteiger partial charge is 0.137 e. The largest absolute Gasteiger partial charge is 0.456 e. The third-order valence-corrected chi connectivity index (χ3v) is 11.2. The molecule has 0 amide bonds. The molecule has 56 heavy (non-hydrogen) atoms. The summed E-state index contributed by atoms with van der Waals surface area (Å²) < 4.78 is 13.1. The first-order valence-corrected chi connectivity index (χ1v) is 18.8. The lowest BCUT2D eigenvalue weighted by molar-refractivity contribution is 0.669. The average Bonchev–Trinajstić information content (AvgIpc) is 4.03. The molecule has 12 aromatic rings. The summed E-state index contributed by atoms with van der Waals surface area (Å²) in [5, 5.41) is 16.5. The van der Waals surface area contributed by atoms with Crippen molar-refractivity contribution in [1.82, 2.24) is 24.1 Å². The number of rotatable bonds is 5. The van der Waals surface area contributed by atoms with E-state index in [2.05, 4.69) is 149 Å². The van der Waals surface area contributed by atoms with Gasteiger partial charge in [-0.15, -0.1) is 5.10 Å². The molecule has 0 radical (unpaired) electrons. The summed E-state index contributed by atoms with van der Waals surface area (Å²) in [5.74, 6) is 0. The van der Waals surface area contributed by atoms with E-state index in [9.17, 15) is 0 Å². The minimum Gasteiger partial charge on any atom is -0.456 e. The number of aromatic nitrogens is 5. The summed E-state index contributed by atoms with van der Waals surface area (Å²) in [4.78, 5) is 0. The van der Waals surface area contributed by atoms with Crippen LogP contribution in [0.25, 0.3) is 105 Å². The minimum atomic E-state index is 0.836. The first-order chi connectivity index (χ1) is 27.8. The van der Waals surface area contributed by atoms with Gasteiger partial charge in [-0.3, -0.25) is 0 Å². The third kappa shape index (κ3) is 4.50. The van der Waals surface area contributed by atoms with Gasteiger partial charge in [0.15, 0.2) is 0 Å². The van der Waals surface area contributed by atoms with Gasteiger partial charge in [0.25, 0.3) is 0 Å². The number of hydrogen-bond donors (Lipinski definition) is 0. The van der Waals surface area contributed by atoms with Crippen LogP contribution in [0.4, 0.5) is 0 Å². The van der Waals surface area contributed by atoms with Crippen LogP contribution in [0.2, 0.25) is 0 Å². The highest BCUT2D eigenvalue weighted by Crippen LogP contribution is 2.41. The van der Waals surface area contributed by atoms with Crippen molar-refractivity contribution in [1.29, 1.82) is 0 Å². The van der Waals surface area contributed by atoms with E-state index in [-0.39, 0.29) is 0 Å². The van der Waals surface area contributed by atoms with Crippen LogP contribution in [0.1, 0.15) is 0 Å². The van der Waals surface area contributed by atoms with Crippen molar-refractivity contribution < 1.29 is 4.42 Å². The SMILES string of the molecule is c1ccc(-c2nnn(-c3ccccc3)c2-c2ccc3c4ccccc4n(-c4cccc(-n5c6ccccc6c6cc7c(cc65)oc5ccccc57)c4)c3c2)cc1. The van der Waals surface area contributed by atoms with Crippen molar-refractivity contribution in [3.8, 4) is 39.6 Å². The van der Waals surface area contributed by atoms with Gasteiger partial charge in [-0.05, 0) is 60.7 Å². The summed E-state index contributed by atoms with van der Waals surface area (Å²) in [6.45, 7) is 0. The van der Waals surface area contributed by atoms with Crippen molar-refractivity contribution in [2.24, 2.45) is 0 Å². The molecule has 12 rings (SSSR count). The molecular weight excluding hydrogens is 687 g/mol. The molecular formula is C50H31N5O. The van der Waals surface area contributed by atoms with Crippen LogP contribution < -0.4 is 0 Å². The Kier molecular flexibility index (Phi) is 6.53. The number of hydrogen-bond acceptors (Lipinski definition) is 3. The fourth-order valence-electron chi connectivity index (χ4n) is 8.71. The molecule has 0 aliphatic heterocycles. The highest BCUT2D eigenvalue weighted by Gasteiger charge is 2.22. The van der Waals surface area contributed by atoms with E-state index < -0.39 is 0 Å². The molecule has 0 bridgehead atoms. The number of benzene rings is 8. The predicted molar refractivity (Wildman–Crippen MR) is 228 cm³/mol. The Morgan fingerprint density at radius 3 is 1.70 bits per heavy atom.